The second kappa shape index (κ2) is 9.34. The average Bonchev–Trinajstić information content (AvgIpc) is 2.68. The Morgan fingerprint density at radius 2 is 1.69 bits per heavy atom. The maximum Gasteiger partial charge on any atom is 0.243 e. The molecule has 0 spiro atoms. The van der Waals surface area contributed by atoms with Crippen molar-refractivity contribution in [3.63, 3.8) is 0 Å². The van der Waals surface area contributed by atoms with Crippen molar-refractivity contribution < 1.29 is 13.2 Å². The Balaban J connectivity index is 1.70. The molecule has 29 heavy (non-hydrogen) atoms. The highest BCUT2D eigenvalue weighted by Gasteiger charge is 2.26. The van der Waals surface area contributed by atoms with E-state index in [2.05, 4.69) is 10.6 Å². The predicted octanol–water partition coefficient (Wildman–Crippen LogP) is 4.53. The fourth-order valence-electron chi connectivity index (χ4n) is 3.18. The van der Waals surface area contributed by atoms with E-state index in [1.54, 1.807) is 30.3 Å². The van der Waals surface area contributed by atoms with Crippen LogP contribution in [0.3, 0.4) is 0 Å². The number of hydrogen-bond donors (Lipinski definition) is 2. The molecule has 1 amide bonds. The minimum Gasteiger partial charge on any atom is -0.376 e. The number of rotatable bonds is 6. The van der Waals surface area contributed by atoms with Gasteiger partial charge in [-0.2, -0.15) is 4.31 Å². The van der Waals surface area contributed by atoms with Crippen LogP contribution < -0.4 is 10.6 Å². The molecular formula is C20H23Cl2N3O3S. The van der Waals surface area contributed by atoms with E-state index in [0.29, 0.717) is 34.5 Å². The summed E-state index contributed by atoms with van der Waals surface area (Å²) in [5.74, 6) is -0.309. The summed E-state index contributed by atoms with van der Waals surface area (Å²) in [7, 11) is -3.56. The van der Waals surface area contributed by atoms with Gasteiger partial charge >= 0.3 is 0 Å². The Kier molecular flexibility index (Phi) is 7.05. The number of carbonyl (C=O) groups is 1. The number of sulfonamides is 1. The van der Waals surface area contributed by atoms with Gasteiger partial charge in [0.15, 0.2) is 0 Å². The summed E-state index contributed by atoms with van der Waals surface area (Å²) in [6.45, 7) is 2.87. The summed E-state index contributed by atoms with van der Waals surface area (Å²) in [4.78, 5) is 12.6. The average molecular weight is 456 g/mol. The highest BCUT2D eigenvalue weighted by molar-refractivity contribution is 7.89. The lowest BCUT2D eigenvalue weighted by atomic mass is 10.2. The molecule has 156 valence electrons. The number of hydrogen-bond acceptors (Lipinski definition) is 4. The summed E-state index contributed by atoms with van der Waals surface area (Å²) < 4.78 is 27.3. The van der Waals surface area contributed by atoms with Crippen LogP contribution >= 0.6 is 23.2 Å². The zero-order chi connectivity index (χ0) is 21.0. The predicted molar refractivity (Wildman–Crippen MR) is 117 cm³/mol. The van der Waals surface area contributed by atoms with Gasteiger partial charge in [-0.1, -0.05) is 35.7 Å². The number of nitrogens with zero attached hydrogens (tertiary/aromatic N) is 1. The Morgan fingerprint density at radius 1 is 1.03 bits per heavy atom. The smallest absolute Gasteiger partial charge is 0.243 e. The largest absolute Gasteiger partial charge is 0.376 e. The van der Waals surface area contributed by atoms with Crippen LogP contribution in [0.5, 0.6) is 0 Å². The summed E-state index contributed by atoms with van der Waals surface area (Å²) >= 11 is 11.9. The fraction of sp³-hybridized carbons (Fsp3) is 0.350. The molecule has 0 aliphatic carbocycles. The van der Waals surface area contributed by atoms with E-state index in [4.69, 9.17) is 23.2 Å². The van der Waals surface area contributed by atoms with E-state index in [1.165, 1.54) is 10.4 Å². The monoisotopic (exact) mass is 455 g/mol. The van der Waals surface area contributed by atoms with Crippen LogP contribution in [0.1, 0.15) is 24.8 Å². The summed E-state index contributed by atoms with van der Waals surface area (Å²) in [6, 6.07) is 9.74. The van der Waals surface area contributed by atoms with Gasteiger partial charge in [-0.3, -0.25) is 4.79 Å². The van der Waals surface area contributed by atoms with Crippen molar-refractivity contribution in [2.45, 2.75) is 31.1 Å². The minimum atomic E-state index is -3.56. The summed E-state index contributed by atoms with van der Waals surface area (Å²) in [5.41, 5.74) is 1.87. The normalized spacial score (nSPS) is 15.1. The SMILES string of the molecule is Cc1ccc(S(=O)(=O)N2CCCCC2)cc1NC(=O)CNc1cc(Cl)cc(Cl)c1. The molecule has 1 heterocycles. The van der Waals surface area contributed by atoms with Crippen LogP contribution in [0, 0.1) is 6.92 Å². The van der Waals surface area contributed by atoms with E-state index >= 15 is 0 Å². The highest BCUT2D eigenvalue weighted by atomic mass is 35.5. The molecule has 1 fully saturated rings. The minimum absolute atomic E-state index is 0.0147. The van der Waals surface area contributed by atoms with Gasteiger partial charge in [0.2, 0.25) is 15.9 Å². The molecule has 0 radical (unpaired) electrons. The number of halogens is 2. The number of aryl methyl sites for hydroxylation is 1. The molecule has 1 aliphatic heterocycles. The lowest BCUT2D eigenvalue weighted by Crippen LogP contribution is -2.35. The molecule has 0 saturated carbocycles. The summed E-state index contributed by atoms with van der Waals surface area (Å²) in [6.07, 6.45) is 2.79. The lowest BCUT2D eigenvalue weighted by Gasteiger charge is -2.26. The number of piperidine rings is 1. The van der Waals surface area contributed by atoms with Gasteiger partial charge in [-0.25, -0.2) is 8.42 Å². The Hall–Kier alpha value is -1.80. The summed E-state index contributed by atoms with van der Waals surface area (Å²) in [5, 5.41) is 6.66. The van der Waals surface area contributed by atoms with Crippen molar-refractivity contribution in [1.29, 1.82) is 0 Å². The molecule has 0 bridgehead atoms. The first kappa shape index (κ1) is 21.9. The van der Waals surface area contributed by atoms with Crippen LogP contribution in [0.2, 0.25) is 10.0 Å². The topological polar surface area (TPSA) is 78.5 Å². The zero-order valence-electron chi connectivity index (χ0n) is 16.0. The molecular weight excluding hydrogens is 433 g/mol. The number of amides is 1. The maximum absolute atomic E-state index is 12.9. The highest BCUT2D eigenvalue weighted by Crippen LogP contribution is 2.25. The second-order valence-corrected chi connectivity index (χ2v) is 9.81. The Morgan fingerprint density at radius 3 is 2.34 bits per heavy atom. The van der Waals surface area contributed by atoms with Gasteiger partial charge in [0.1, 0.15) is 0 Å². The van der Waals surface area contributed by atoms with Gasteiger partial charge in [0.25, 0.3) is 0 Å². The van der Waals surface area contributed by atoms with E-state index in [1.807, 2.05) is 6.92 Å². The molecule has 0 unspecified atom stereocenters. The van der Waals surface area contributed by atoms with Gasteiger partial charge in [-0.15, -0.1) is 0 Å². The van der Waals surface area contributed by atoms with Gasteiger partial charge in [0, 0.05) is 34.5 Å². The molecule has 3 rings (SSSR count). The van der Waals surface area contributed by atoms with Crippen LogP contribution in [0.15, 0.2) is 41.3 Å². The van der Waals surface area contributed by atoms with Crippen molar-refractivity contribution >= 4 is 50.5 Å². The van der Waals surface area contributed by atoms with Gasteiger partial charge < -0.3 is 10.6 Å². The van der Waals surface area contributed by atoms with Crippen molar-refractivity contribution in [2.24, 2.45) is 0 Å². The van der Waals surface area contributed by atoms with E-state index in [0.717, 1.165) is 24.8 Å². The maximum atomic E-state index is 12.9. The third-order valence-corrected chi connectivity index (χ3v) is 7.08. The standard InChI is InChI=1S/C20H23Cl2N3O3S/c1-14-5-6-18(29(27,28)25-7-3-2-4-8-25)12-19(14)24-20(26)13-23-17-10-15(21)9-16(22)11-17/h5-6,9-12,23H,2-4,7-8,13H2,1H3,(H,24,26). The fourth-order valence-corrected chi connectivity index (χ4v) is 5.25. The second-order valence-electron chi connectivity index (χ2n) is 7.00. The Bertz CT molecular complexity index is 986. The van der Waals surface area contributed by atoms with Crippen molar-refractivity contribution in [2.75, 3.05) is 30.3 Å². The molecule has 1 saturated heterocycles. The first-order chi connectivity index (χ1) is 13.8. The first-order valence-corrected chi connectivity index (χ1v) is 11.6. The Labute approximate surface area is 181 Å². The first-order valence-electron chi connectivity index (χ1n) is 9.36. The van der Waals surface area contributed by atoms with E-state index in [-0.39, 0.29) is 17.3 Å². The van der Waals surface area contributed by atoms with Crippen LogP contribution in [-0.4, -0.2) is 38.3 Å². The number of nitrogens with one attached hydrogen (secondary N) is 2. The van der Waals surface area contributed by atoms with Crippen LogP contribution in [-0.2, 0) is 14.8 Å². The van der Waals surface area contributed by atoms with Crippen molar-refractivity contribution in [3.05, 3.63) is 52.0 Å². The quantitative estimate of drug-likeness (QED) is 0.670. The van der Waals surface area contributed by atoms with E-state index in [9.17, 15) is 13.2 Å². The van der Waals surface area contributed by atoms with Crippen LogP contribution in [0.4, 0.5) is 11.4 Å². The van der Waals surface area contributed by atoms with Gasteiger partial charge in [0.05, 0.1) is 11.4 Å². The molecule has 1 aliphatic rings. The molecule has 2 N–H and O–H groups in total. The molecule has 2 aromatic rings. The molecule has 0 atom stereocenters. The molecule has 2 aromatic carbocycles. The lowest BCUT2D eigenvalue weighted by molar-refractivity contribution is -0.114. The third-order valence-electron chi connectivity index (χ3n) is 4.75. The van der Waals surface area contributed by atoms with Gasteiger partial charge in [-0.05, 0) is 55.7 Å². The number of benzene rings is 2. The van der Waals surface area contributed by atoms with Crippen LogP contribution in [0.25, 0.3) is 0 Å². The number of anilines is 2. The number of carbonyl (C=O) groups excluding carboxylic acids is 1. The van der Waals surface area contributed by atoms with E-state index < -0.39 is 10.0 Å². The molecule has 0 aromatic heterocycles. The zero-order valence-corrected chi connectivity index (χ0v) is 18.4. The molecule has 6 nitrogen and oxygen atoms in total. The molecule has 9 heteroatoms. The third kappa shape index (κ3) is 5.63. The van der Waals surface area contributed by atoms with Crippen molar-refractivity contribution in [1.82, 2.24) is 4.31 Å². The van der Waals surface area contributed by atoms with Crippen molar-refractivity contribution in [3.8, 4) is 0 Å².